The van der Waals surface area contributed by atoms with Crippen LogP contribution in [0.3, 0.4) is 0 Å². The lowest BCUT2D eigenvalue weighted by atomic mass is 10.0. The van der Waals surface area contributed by atoms with Crippen LogP contribution in [-0.4, -0.2) is 16.2 Å². The minimum absolute atomic E-state index is 0.136. The van der Waals surface area contributed by atoms with Crippen LogP contribution >= 0.6 is 0 Å². The lowest BCUT2D eigenvalue weighted by Gasteiger charge is -2.02. The highest BCUT2D eigenvalue weighted by atomic mass is 16.5. The van der Waals surface area contributed by atoms with Gasteiger partial charge in [0.25, 0.3) is 0 Å². The molecule has 106 valence electrons. The van der Waals surface area contributed by atoms with Gasteiger partial charge in [-0.2, -0.15) is 0 Å². The number of aryl methyl sites for hydroxylation is 1. The normalized spacial score (nSPS) is 10.7. The van der Waals surface area contributed by atoms with E-state index in [9.17, 15) is 4.79 Å². The van der Waals surface area contributed by atoms with Crippen LogP contribution in [0.5, 0.6) is 0 Å². The number of nitrogens with zero attached hydrogens (tertiary/aromatic N) is 1. The molecule has 0 bridgehead atoms. The minimum Gasteiger partial charge on any atom is -0.475 e. The maximum atomic E-state index is 10.7. The monoisotopic (exact) mass is 273 g/mol. The van der Waals surface area contributed by atoms with Crippen LogP contribution in [0.4, 0.5) is 0 Å². The summed E-state index contributed by atoms with van der Waals surface area (Å²) in [5, 5.41) is 12.6. The first-order valence-electron chi connectivity index (χ1n) is 7.00. The fraction of sp³-hybridized carbons (Fsp3) is 0.375. The summed E-state index contributed by atoms with van der Waals surface area (Å²) >= 11 is 0. The maximum Gasteiger partial charge on any atom is 0.374 e. The van der Waals surface area contributed by atoms with Crippen molar-refractivity contribution >= 4 is 5.97 Å². The molecule has 1 aromatic heterocycles. The molecule has 4 nitrogen and oxygen atoms in total. The molecule has 2 rings (SSSR count). The van der Waals surface area contributed by atoms with Gasteiger partial charge in [-0.15, -0.1) is 0 Å². The van der Waals surface area contributed by atoms with Crippen LogP contribution in [0.15, 0.2) is 34.9 Å². The van der Waals surface area contributed by atoms with E-state index in [1.807, 2.05) is 12.1 Å². The highest BCUT2D eigenvalue weighted by Crippen LogP contribution is 2.20. The summed E-state index contributed by atoms with van der Waals surface area (Å²) in [6.07, 6.45) is 6.09. The summed E-state index contributed by atoms with van der Waals surface area (Å²) in [4.78, 5) is 10.7. The van der Waals surface area contributed by atoms with E-state index in [1.165, 1.54) is 37.3 Å². The number of hydrogen-bond acceptors (Lipinski definition) is 3. The van der Waals surface area contributed by atoms with Gasteiger partial charge < -0.3 is 9.63 Å². The molecule has 0 saturated heterocycles. The Morgan fingerprint density at radius 3 is 2.55 bits per heavy atom. The molecular formula is C16H19NO3. The Morgan fingerprint density at radius 2 is 1.95 bits per heavy atom. The molecule has 1 N–H and O–H groups in total. The highest BCUT2D eigenvalue weighted by molar-refractivity contribution is 5.85. The molecule has 4 heteroatoms. The molecule has 0 fully saturated rings. The molecule has 20 heavy (non-hydrogen) atoms. The number of hydrogen-bond donors (Lipinski definition) is 1. The lowest BCUT2D eigenvalue weighted by molar-refractivity contribution is 0.0652. The van der Waals surface area contributed by atoms with Gasteiger partial charge in [-0.05, 0) is 18.4 Å². The van der Waals surface area contributed by atoms with Crippen molar-refractivity contribution in [2.24, 2.45) is 0 Å². The summed E-state index contributed by atoms with van der Waals surface area (Å²) < 4.78 is 4.75. The third kappa shape index (κ3) is 3.70. The topological polar surface area (TPSA) is 63.3 Å². The molecule has 0 aliphatic carbocycles. The molecular weight excluding hydrogens is 254 g/mol. The fourth-order valence-electron chi connectivity index (χ4n) is 2.11. The molecule has 0 spiro atoms. The van der Waals surface area contributed by atoms with Gasteiger partial charge in [0.2, 0.25) is 5.76 Å². The zero-order valence-corrected chi connectivity index (χ0v) is 11.6. The van der Waals surface area contributed by atoms with Crippen LogP contribution in [0.1, 0.15) is 48.7 Å². The Bertz CT molecular complexity index is 557. The van der Waals surface area contributed by atoms with E-state index in [-0.39, 0.29) is 5.76 Å². The molecule has 1 aromatic carbocycles. The first-order chi connectivity index (χ1) is 9.70. The van der Waals surface area contributed by atoms with Crippen molar-refractivity contribution in [3.8, 4) is 11.3 Å². The van der Waals surface area contributed by atoms with Crippen molar-refractivity contribution in [2.45, 2.75) is 39.0 Å². The fourth-order valence-corrected chi connectivity index (χ4v) is 2.11. The standard InChI is InChI=1S/C16H19NO3/c1-2-3-4-5-6-12-7-9-13(10-8-12)14-11-15(16(18)19)20-17-14/h7-11H,2-6H2,1H3,(H,18,19). The second-order valence-corrected chi connectivity index (χ2v) is 4.89. The third-order valence-corrected chi connectivity index (χ3v) is 3.29. The van der Waals surface area contributed by atoms with E-state index in [1.54, 1.807) is 0 Å². The van der Waals surface area contributed by atoms with E-state index < -0.39 is 5.97 Å². The van der Waals surface area contributed by atoms with Crippen molar-refractivity contribution in [3.63, 3.8) is 0 Å². The summed E-state index contributed by atoms with van der Waals surface area (Å²) in [7, 11) is 0. The Kier molecular flexibility index (Phi) is 4.93. The van der Waals surface area contributed by atoms with E-state index >= 15 is 0 Å². The Hall–Kier alpha value is -2.10. The van der Waals surface area contributed by atoms with Crippen molar-refractivity contribution in [1.29, 1.82) is 0 Å². The number of rotatable bonds is 7. The minimum atomic E-state index is -1.10. The van der Waals surface area contributed by atoms with Gasteiger partial charge in [-0.3, -0.25) is 0 Å². The van der Waals surface area contributed by atoms with Gasteiger partial charge in [-0.1, -0.05) is 55.6 Å². The number of carboxylic acids is 1. The van der Waals surface area contributed by atoms with Crippen LogP contribution in [-0.2, 0) is 6.42 Å². The number of benzene rings is 1. The second kappa shape index (κ2) is 6.89. The molecule has 1 heterocycles. The highest BCUT2D eigenvalue weighted by Gasteiger charge is 2.12. The molecule has 0 aliphatic heterocycles. The van der Waals surface area contributed by atoms with Crippen molar-refractivity contribution in [1.82, 2.24) is 5.16 Å². The second-order valence-electron chi connectivity index (χ2n) is 4.89. The summed E-state index contributed by atoms with van der Waals surface area (Å²) in [6.45, 7) is 2.21. The third-order valence-electron chi connectivity index (χ3n) is 3.29. The van der Waals surface area contributed by atoms with Crippen molar-refractivity contribution in [2.75, 3.05) is 0 Å². The van der Waals surface area contributed by atoms with Gasteiger partial charge >= 0.3 is 5.97 Å². The SMILES string of the molecule is CCCCCCc1ccc(-c2cc(C(=O)O)on2)cc1. The average molecular weight is 273 g/mol. The van der Waals surface area contributed by atoms with Gasteiger partial charge in [0.15, 0.2) is 0 Å². The van der Waals surface area contributed by atoms with E-state index in [4.69, 9.17) is 9.63 Å². The summed E-state index contributed by atoms with van der Waals surface area (Å²) in [6, 6.07) is 9.49. The van der Waals surface area contributed by atoms with Crippen molar-refractivity contribution in [3.05, 3.63) is 41.7 Å². The number of aromatic carboxylic acids is 1. The molecule has 0 amide bonds. The number of unbranched alkanes of at least 4 members (excludes halogenated alkanes) is 3. The first kappa shape index (κ1) is 14.3. The van der Waals surface area contributed by atoms with Crippen LogP contribution < -0.4 is 0 Å². The molecule has 0 atom stereocenters. The summed E-state index contributed by atoms with van der Waals surface area (Å²) in [5.74, 6) is -1.24. The van der Waals surface area contributed by atoms with Crippen LogP contribution in [0.2, 0.25) is 0 Å². The quantitative estimate of drug-likeness (QED) is 0.769. The summed E-state index contributed by atoms with van der Waals surface area (Å²) in [5.41, 5.74) is 2.73. The average Bonchev–Trinajstić information content (AvgIpc) is 2.94. The Morgan fingerprint density at radius 1 is 1.20 bits per heavy atom. The molecule has 0 radical (unpaired) electrons. The smallest absolute Gasteiger partial charge is 0.374 e. The zero-order chi connectivity index (χ0) is 14.4. The maximum absolute atomic E-state index is 10.7. The molecule has 0 aliphatic rings. The number of carboxylic acid groups (broad SMARTS) is 1. The molecule has 0 saturated carbocycles. The number of aromatic nitrogens is 1. The predicted octanol–water partition coefficient (Wildman–Crippen LogP) is 4.16. The van der Waals surface area contributed by atoms with Gasteiger partial charge in [0.1, 0.15) is 5.69 Å². The molecule has 2 aromatic rings. The number of carbonyl (C=O) groups is 1. The zero-order valence-electron chi connectivity index (χ0n) is 11.6. The largest absolute Gasteiger partial charge is 0.475 e. The van der Waals surface area contributed by atoms with Crippen LogP contribution in [0, 0.1) is 0 Å². The van der Waals surface area contributed by atoms with E-state index in [0.29, 0.717) is 5.69 Å². The lowest BCUT2D eigenvalue weighted by Crippen LogP contribution is -1.91. The Labute approximate surface area is 118 Å². The van der Waals surface area contributed by atoms with Gasteiger partial charge in [0.05, 0.1) is 0 Å². The Balaban J connectivity index is 1.98. The van der Waals surface area contributed by atoms with Gasteiger partial charge in [-0.25, -0.2) is 4.79 Å². The van der Waals surface area contributed by atoms with Gasteiger partial charge in [0, 0.05) is 11.6 Å². The first-order valence-corrected chi connectivity index (χ1v) is 7.00. The predicted molar refractivity (Wildman–Crippen MR) is 76.7 cm³/mol. The van der Waals surface area contributed by atoms with Crippen molar-refractivity contribution < 1.29 is 14.4 Å². The molecule has 0 unspecified atom stereocenters. The van der Waals surface area contributed by atoms with E-state index in [2.05, 4.69) is 24.2 Å². The van der Waals surface area contributed by atoms with Crippen LogP contribution in [0.25, 0.3) is 11.3 Å². The van der Waals surface area contributed by atoms with E-state index in [0.717, 1.165) is 12.0 Å².